The van der Waals surface area contributed by atoms with E-state index in [1.807, 2.05) is 0 Å². The van der Waals surface area contributed by atoms with Gasteiger partial charge in [-0.05, 0) is 37.8 Å². The molecule has 0 amide bonds. The molecule has 0 bridgehead atoms. The van der Waals surface area contributed by atoms with Crippen LogP contribution in [0.25, 0.3) is 28.1 Å². The summed E-state index contributed by atoms with van der Waals surface area (Å²) in [7, 11) is 0. The van der Waals surface area contributed by atoms with Crippen LogP contribution in [0.15, 0.2) is 60.8 Å². The molecule has 4 heteroatoms. The van der Waals surface area contributed by atoms with Gasteiger partial charge in [0.1, 0.15) is 36.0 Å². The first kappa shape index (κ1) is 16.6. The van der Waals surface area contributed by atoms with Gasteiger partial charge in [-0.2, -0.15) is 4.40 Å². The molecule has 0 aliphatic heterocycles. The topological polar surface area (TPSA) is 41.4 Å². The maximum Gasteiger partial charge on any atom is 0.368 e. The molecule has 3 N–H and O–H groups in total. The highest BCUT2D eigenvalue weighted by Gasteiger charge is 2.23. The van der Waals surface area contributed by atoms with Crippen LogP contribution in [0.3, 0.4) is 0 Å². The van der Waals surface area contributed by atoms with Crippen molar-refractivity contribution in [1.82, 2.24) is 9.55 Å². The zero-order valence-electron chi connectivity index (χ0n) is 15.8. The molecule has 138 valence electrons. The summed E-state index contributed by atoms with van der Waals surface area (Å²) in [6.45, 7) is 2.15. The summed E-state index contributed by atoms with van der Waals surface area (Å²) in [5.41, 5.74) is 4.98. The molecule has 1 fully saturated rings. The van der Waals surface area contributed by atoms with E-state index in [4.69, 9.17) is 0 Å². The molecule has 0 atom stereocenters. The van der Waals surface area contributed by atoms with Crippen LogP contribution >= 0.6 is 0 Å². The summed E-state index contributed by atoms with van der Waals surface area (Å²) < 4.78 is 4.76. The van der Waals surface area contributed by atoms with Gasteiger partial charge in [-0.15, -0.1) is 0 Å². The van der Waals surface area contributed by atoms with Crippen LogP contribution in [0.4, 0.5) is 0 Å². The monoisotopic (exact) mass is 360 g/mol. The molecule has 2 aromatic heterocycles. The summed E-state index contributed by atoms with van der Waals surface area (Å²) in [5.74, 6) is 1.17. The van der Waals surface area contributed by atoms with E-state index in [0.29, 0.717) is 0 Å². The third-order valence-electron chi connectivity index (χ3n) is 6.01. The summed E-state index contributed by atoms with van der Waals surface area (Å²) in [6, 6.07) is 20.1. The number of benzene rings is 2. The lowest BCUT2D eigenvalue weighted by molar-refractivity contribution is -0.692. The second-order valence-electron chi connectivity index (χ2n) is 7.79. The predicted molar refractivity (Wildman–Crippen MR) is 109 cm³/mol. The second-order valence-corrected chi connectivity index (χ2v) is 7.79. The molecular formula is C23H28N4+2. The Balaban J connectivity index is 1.51. The van der Waals surface area contributed by atoms with Gasteiger partial charge in [0.05, 0.1) is 6.04 Å². The van der Waals surface area contributed by atoms with E-state index in [0.717, 1.165) is 19.1 Å². The van der Waals surface area contributed by atoms with Gasteiger partial charge in [0, 0.05) is 5.56 Å². The Labute approximate surface area is 159 Å². The number of nitrogens with zero attached hydrogens (tertiary/aromatic N) is 2. The maximum atomic E-state index is 3.64. The lowest BCUT2D eigenvalue weighted by Crippen LogP contribution is -2.90. The number of nitrogens with two attached hydrogens (primary N) is 1. The average Bonchev–Trinajstić information content (AvgIpc) is 3.26. The first-order chi connectivity index (χ1) is 13.4. The standard InChI is InChI=1S/C23H26N4/c1-3-9-18(10-4-1)22-17-27-21-14-8-7-13-20(21)25-23(27)26(22)16-15-24-19-11-5-2-6-12-19/h1,3-4,7-10,13-14,17,19,24H,2,5-6,11-12,15-16H2/p+2. The molecule has 1 saturated carbocycles. The molecule has 1 aliphatic rings. The molecule has 0 spiro atoms. The van der Waals surface area contributed by atoms with Crippen molar-refractivity contribution in [2.45, 2.75) is 44.7 Å². The lowest BCUT2D eigenvalue weighted by Gasteiger charge is -2.19. The summed E-state index contributed by atoms with van der Waals surface area (Å²) >= 11 is 0. The Morgan fingerprint density at radius 2 is 1.74 bits per heavy atom. The number of hydrogen-bond donors (Lipinski definition) is 2. The largest absolute Gasteiger partial charge is 0.368 e. The number of aromatic nitrogens is 3. The third-order valence-corrected chi connectivity index (χ3v) is 6.01. The summed E-state index contributed by atoms with van der Waals surface area (Å²) in [6.07, 6.45) is 9.28. The van der Waals surface area contributed by atoms with Crippen LogP contribution in [0.2, 0.25) is 0 Å². The van der Waals surface area contributed by atoms with E-state index in [1.54, 1.807) is 0 Å². The zero-order valence-corrected chi connectivity index (χ0v) is 15.8. The average molecular weight is 361 g/mol. The van der Waals surface area contributed by atoms with Gasteiger partial charge in [0.15, 0.2) is 0 Å². The van der Waals surface area contributed by atoms with Gasteiger partial charge >= 0.3 is 5.78 Å². The van der Waals surface area contributed by atoms with Gasteiger partial charge in [-0.3, -0.25) is 0 Å². The Bertz CT molecular complexity index is 1040. The molecule has 0 unspecified atom stereocenters. The van der Waals surface area contributed by atoms with Crippen molar-refractivity contribution in [3.8, 4) is 11.3 Å². The van der Waals surface area contributed by atoms with Gasteiger partial charge in [-0.25, -0.2) is 9.55 Å². The number of aromatic amines is 1. The number of imidazole rings is 2. The molecule has 27 heavy (non-hydrogen) atoms. The molecule has 2 aromatic carbocycles. The number of rotatable bonds is 5. The van der Waals surface area contributed by atoms with Crippen LogP contribution < -0.4 is 9.72 Å². The van der Waals surface area contributed by atoms with Crippen LogP contribution in [-0.4, -0.2) is 22.1 Å². The fourth-order valence-electron chi connectivity index (χ4n) is 4.59. The number of H-pyrrole nitrogens is 1. The lowest BCUT2D eigenvalue weighted by atomic mass is 9.95. The van der Waals surface area contributed by atoms with Gasteiger partial charge in [-0.1, -0.05) is 48.9 Å². The van der Waals surface area contributed by atoms with Crippen LogP contribution in [0, 0.1) is 0 Å². The van der Waals surface area contributed by atoms with E-state index in [9.17, 15) is 0 Å². The highest BCUT2D eigenvalue weighted by atomic mass is 15.2. The van der Waals surface area contributed by atoms with Gasteiger partial charge in [0.2, 0.25) is 0 Å². The molecule has 1 aliphatic carbocycles. The molecule has 0 radical (unpaired) electrons. The van der Waals surface area contributed by atoms with Crippen molar-refractivity contribution in [3.05, 3.63) is 60.8 Å². The zero-order chi connectivity index (χ0) is 18.1. The van der Waals surface area contributed by atoms with Crippen LogP contribution in [0.5, 0.6) is 0 Å². The number of fused-ring (bicyclic) bond motifs is 3. The highest BCUT2D eigenvalue weighted by molar-refractivity contribution is 5.74. The van der Waals surface area contributed by atoms with Crippen molar-refractivity contribution in [2.24, 2.45) is 0 Å². The normalized spacial score (nSPS) is 15.7. The number of quaternary nitrogens is 1. The molecule has 0 saturated heterocycles. The van der Waals surface area contributed by atoms with E-state index in [-0.39, 0.29) is 0 Å². The number of nitrogens with one attached hydrogen (secondary N) is 1. The molecule has 4 nitrogen and oxygen atoms in total. The minimum Gasteiger partial charge on any atom is -0.341 e. The third kappa shape index (κ3) is 3.15. The van der Waals surface area contributed by atoms with E-state index >= 15 is 0 Å². The summed E-state index contributed by atoms with van der Waals surface area (Å²) in [4.78, 5) is 3.64. The first-order valence-electron chi connectivity index (χ1n) is 10.3. The quantitative estimate of drug-likeness (QED) is 0.513. The van der Waals surface area contributed by atoms with Crippen LogP contribution in [-0.2, 0) is 6.54 Å². The van der Waals surface area contributed by atoms with E-state index in [2.05, 4.69) is 80.1 Å². The van der Waals surface area contributed by atoms with E-state index in [1.165, 1.54) is 60.2 Å². The van der Waals surface area contributed by atoms with E-state index < -0.39 is 0 Å². The second kappa shape index (κ2) is 7.20. The fraction of sp³-hybridized carbons (Fsp3) is 0.348. The molecule has 2 heterocycles. The predicted octanol–water partition coefficient (Wildman–Crippen LogP) is 3.27. The molecule has 4 aromatic rings. The fourth-order valence-corrected chi connectivity index (χ4v) is 4.59. The first-order valence-corrected chi connectivity index (χ1v) is 10.3. The van der Waals surface area contributed by atoms with Crippen LogP contribution in [0.1, 0.15) is 32.1 Å². The SMILES string of the molecule is c1ccc(-c2c[n+]3c4ccccc4[nH]c3n2CC[NH2+]C2CCCCC2)cc1. The highest BCUT2D eigenvalue weighted by Crippen LogP contribution is 2.22. The Morgan fingerprint density at radius 1 is 0.963 bits per heavy atom. The Hall–Kier alpha value is -2.59. The van der Waals surface area contributed by atoms with Crippen molar-refractivity contribution in [1.29, 1.82) is 0 Å². The number of hydrogen-bond acceptors (Lipinski definition) is 0. The van der Waals surface area contributed by atoms with Crippen molar-refractivity contribution >= 4 is 16.8 Å². The summed E-state index contributed by atoms with van der Waals surface area (Å²) in [5, 5.41) is 2.58. The number of para-hydroxylation sites is 2. The molecule has 5 rings (SSSR count). The smallest absolute Gasteiger partial charge is 0.341 e. The van der Waals surface area contributed by atoms with Gasteiger partial charge < -0.3 is 5.32 Å². The molecular weight excluding hydrogens is 332 g/mol. The van der Waals surface area contributed by atoms with Crippen molar-refractivity contribution < 1.29 is 9.72 Å². The van der Waals surface area contributed by atoms with Crippen molar-refractivity contribution in [3.63, 3.8) is 0 Å². The minimum absolute atomic E-state index is 0.820. The van der Waals surface area contributed by atoms with Gasteiger partial charge in [0.25, 0.3) is 0 Å². The minimum atomic E-state index is 0.820. The van der Waals surface area contributed by atoms with Crippen molar-refractivity contribution in [2.75, 3.05) is 6.54 Å². The Morgan fingerprint density at radius 3 is 2.59 bits per heavy atom. The maximum absolute atomic E-state index is 3.64. The Kier molecular flexibility index (Phi) is 4.42.